The van der Waals surface area contributed by atoms with Gasteiger partial charge in [-0.3, -0.25) is 0 Å². The van der Waals surface area contributed by atoms with E-state index in [9.17, 15) is 0 Å². The Morgan fingerprint density at radius 3 is 1.71 bits per heavy atom. The molecule has 0 spiro atoms. The molecule has 4 aliphatic rings. The van der Waals surface area contributed by atoms with Crippen LogP contribution in [0.4, 0.5) is 0 Å². The van der Waals surface area contributed by atoms with Crippen LogP contribution in [0, 0.1) is 11.8 Å². The summed E-state index contributed by atoms with van der Waals surface area (Å²) in [5.41, 5.74) is 6.85. The summed E-state index contributed by atoms with van der Waals surface area (Å²) in [6.07, 6.45) is 20.7. The van der Waals surface area contributed by atoms with Crippen LogP contribution in [0.25, 0.3) is 0 Å². The summed E-state index contributed by atoms with van der Waals surface area (Å²) in [5, 5.41) is 0. The molecular weight excluding hydrogens is 518 g/mol. The van der Waals surface area contributed by atoms with Crippen molar-refractivity contribution in [3.8, 4) is 0 Å². The Morgan fingerprint density at radius 1 is 0.792 bits per heavy atom. The van der Waals surface area contributed by atoms with E-state index in [1.54, 1.807) is 22.3 Å². The molecule has 0 saturated heterocycles. The van der Waals surface area contributed by atoms with Gasteiger partial charge >= 0.3 is 163 Å². The molecule has 129 valence electrons. The minimum absolute atomic E-state index is 0.708. The van der Waals surface area contributed by atoms with Crippen LogP contribution in [0.3, 0.4) is 0 Å². The second kappa shape index (κ2) is 8.11. The van der Waals surface area contributed by atoms with Crippen LogP contribution in [0.15, 0.2) is 46.6 Å². The van der Waals surface area contributed by atoms with E-state index in [1.165, 1.54) is 63.5 Å². The summed E-state index contributed by atoms with van der Waals surface area (Å²) in [6, 6.07) is 2.72. The van der Waals surface area contributed by atoms with Crippen molar-refractivity contribution in [2.24, 2.45) is 11.8 Å². The Hall–Kier alpha value is 0.627. The van der Waals surface area contributed by atoms with E-state index in [4.69, 9.17) is 17.2 Å². The molecule has 24 heavy (non-hydrogen) atoms. The van der Waals surface area contributed by atoms with Crippen LogP contribution < -0.4 is 0 Å². The zero-order valence-corrected chi connectivity index (χ0v) is 20.6. The standard InChI is InChI=1S/C20H27Si.2ClH.Hf/c1-3-7-19-15(5-1)9-11-17(19)13-21-14-18-12-10-16-6-2-4-8-20(16)18;;;/h9-12,17-18,21H,1-8,13-14H2;2*1H;/q;;;+2/p-2. The number of halogens is 2. The third-order valence-corrected chi connectivity index (χ3v) is 36.1. The third kappa shape index (κ3) is 3.82. The average Bonchev–Trinajstić information content (AvgIpc) is 3.19. The number of hydrogen-bond donors (Lipinski definition) is 0. The maximum atomic E-state index is 6.71. The van der Waals surface area contributed by atoms with E-state index >= 15 is 0 Å². The molecule has 0 bridgehead atoms. The maximum absolute atomic E-state index is 6.71. The van der Waals surface area contributed by atoms with Gasteiger partial charge in [0.25, 0.3) is 0 Å². The summed E-state index contributed by atoms with van der Waals surface area (Å²) >= 11 is -2.28. The molecule has 4 heteroatoms. The van der Waals surface area contributed by atoms with Gasteiger partial charge in [0.15, 0.2) is 0 Å². The van der Waals surface area contributed by atoms with Crippen molar-refractivity contribution in [1.82, 2.24) is 0 Å². The van der Waals surface area contributed by atoms with E-state index in [-0.39, 0.29) is 0 Å². The van der Waals surface area contributed by atoms with Crippen molar-refractivity contribution in [3.05, 3.63) is 46.6 Å². The first-order valence-electron chi connectivity index (χ1n) is 9.70. The van der Waals surface area contributed by atoms with Crippen LogP contribution in [0.5, 0.6) is 0 Å². The average molecular weight is 545 g/mol. The second-order valence-electron chi connectivity index (χ2n) is 7.90. The van der Waals surface area contributed by atoms with Gasteiger partial charge in [0.2, 0.25) is 0 Å². The van der Waals surface area contributed by atoms with Gasteiger partial charge in [0, 0.05) is 0 Å². The summed E-state index contributed by atoms with van der Waals surface area (Å²) in [5.74, 6) is 0.442. The van der Waals surface area contributed by atoms with Crippen molar-refractivity contribution in [2.45, 2.75) is 63.5 Å². The molecule has 0 heterocycles. The van der Waals surface area contributed by atoms with Crippen LogP contribution in [-0.4, -0.2) is 5.98 Å². The van der Waals surface area contributed by atoms with E-state index in [0.717, 1.165) is 0 Å². The monoisotopic (exact) mass is 545 g/mol. The van der Waals surface area contributed by atoms with Crippen molar-refractivity contribution >= 4 is 23.1 Å². The first kappa shape index (κ1) is 18.0. The first-order chi connectivity index (χ1) is 11.7. The van der Waals surface area contributed by atoms with Crippen LogP contribution in [0.2, 0.25) is 12.1 Å². The van der Waals surface area contributed by atoms with Crippen LogP contribution >= 0.6 is 17.2 Å². The molecule has 0 N–H and O–H groups in total. The fourth-order valence-corrected chi connectivity index (χ4v) is 25.9. The molecule has 0 nitrogen and oxygen atoms in total. The molecular formula is C20H27Cl2HfSi. The quantitative estimate of drug-likeness (QED) is 0.336. The number of rotatable bonds is 5. The minimum atomic E-state index is -2.28. The summed E-state index contributed by atoms with van der Waals surface area (Å²) in [4.78, 5) is 0. The van der Waals surface area contributed by atoms with Crippen molar-refractivity contribution < 1.29 is 18.2 Å². The van der Waals surface area contributed by atoms with E-state index < -0.39 is 24.2 Å². The third-order valence-electron chi connectivity index (χ3n) is 6.45. The van der Waals surface area contributed by atoms with Crippen LogP contribution in [0.1, 0.15) is 51.4 Å². The fraction of sp³-hybridized carbons (Fsp3) is 0.600. The molecule has 0 saturated carbocycles. The Labute approximate surface area is 162 Å². The number of allylic oxidation sites excluding steroid dienone is 8. The van der Waals surface area contributed by atoms with Gasteiger partial charge in [-0.05, 0) is 0 Å². The van der Waals surface area contributed by atoms with E-state index in [1.807, 2.05) is 0 Å². The summed E-state index contributed by atoms with van der Waals surface area (Å²) in [7, 11) is 13.4. The Bertz CT molecular complexity index is 567. The zero-order chi connectivity index (χ0) is 16.5. The van der Waals surface area contributed by atoms with Gasteiger partial charge in [0.05, 0.1) is 0 Å². The molecule has 0 amide bonds. The normalized spacial score (nSPS) is 29.9. The Kier molecular flexibility index (Phi) is 6.08. The predicted octanol–water partition coefficient (Wildman–Crippen LogP) is 6.75. The van der Waals surface area contributed by atoms with Gasteiger partial charge in [-0.2, -0.15) is 0 Å². The van der Waals surface area contributed by atoms with E-state index in [2.05, 4.69) is 24.3 Å². The molecule has 4 rings (SSSR count). The molecule has 0 aromatic rings. The van der Waals surface area contributed by atoms with E-state index in [0.29, 0.717) is 11.8 Å². The zero-order valence-electron chi connectivity index (χ0n) is 14.4. The van der Waals surface area contributed by atoms with Gasteiger partial charge in [-0.25, -0.2) is 0 Å². The topological polar surface area (TPSA) is 0 Å². The van der Waals surface area contributed by atoms with Gasteiger partial charge < -0.3 is 0 Å². The molecule has 2 atom stereocenters. The SMILES string of the molecule is [Cl][Hf]([Cl])[SiH](CC1C=CC2=C1CCCC2)CC1C=CC2=C1CCCC2. The Balaban J connectivity index is 1.44. The molecule has 0 aliphatic heterocycles. The summed E-state index contributed by atoms with van der Waals surface area (Å²) < 4.78 is 0. The molecule has 0 fully saturated rings. The second-order valence-corrected chi connectivity index (χ2v) is 40.1. The van der Waals surface area contributed by atoms with Gasteiger partial charge in [-0.15, -0.1) is 0 Å². The first-order valence-corrected chi connectivity index (χ1v) is 27.0. The fourth-order valence-electron chi connectivity index (χ4n) is 5.16. The summed E-state index contributed by atoms with van der Waals surface area (Å²) in [6.45, 7) is 0. The van der Waals surface area contributed by atoms with Gasteiger partial charge in [-0.1, -0.05) is 0 Å². The Morgan fingerprint density at radius 2 is 1.25 bits per heavy atom. The molecule has 0 aromatic carbocycles. The van der Waals surface area contributed by atoms with Crippen molar-refractivity contribution in [3.63, 3.8) is 0 Å². The van der Waals surface area contributed by atoms with Gasteiger partial charge in [0.1, 0.15) is 0 Å². The van der Waals surface area contributed by atoms with Crippen molar-refractivity contribution in [1.29, 1.82) is 0 Å². The molecule has 2 unspecified atom stereocenters. The molecule has 4 aliphatic carbocycles. The van der Waals surface area contributed by atoms with Crippen LogP contribution in [-0.2, 0) is 18.2 Å². The van der Waals surface area contributed by atoms with Crippen molar-refractivity contribution in [2.75, 3.05) is 0 Å². The molecule has 0 radical (unpaired) electrons. The molecule has 0 aromatic heterocycles. The predicted molar refractivity (Wildman–Crippen MR) is 105 cm³/mol. The number of hydrogen-bond acceptors (Lipinski definition) is 0.